The number of ether oxygens (including phenoxy) is 1. The SMILES string of the molecule is CC.Nc1nc2ccc(OCCCO)cc2o1. The molecule has 1 aromatic carbocycles. The van der Waals surface area contributed by atoms with Crippen molar-refractivity contribution in [3.05, 3.63) is 18.2 Å². The number of nitrogens with two attached hydrogens (primary N) is 1. The van der Waals surface area contributed by atoms with Crippen LogP contribution in [0.25, 0.3) is 11.1 Å². The second-order valence-electron chi connectivity index (χ2n) is 3.11. The predicted octanol–water partition coefficient (Wildman–Crippen LogP) is 2.20. The molecule has 2 rings (SSSR count). The number of hydrogen-bond acceptors (Lipinski definition) is 5. The fourth-order valence-electron chi connectivity index (χ4n) is 1.27. The molecule has 17 heavy (non-hydrogen) atoms. The van der Waals surface area contributed by atoms with E-state index >= 15 is 0 Å². The molecule has 0 saturated carbocycles. The minimum Gasteiger partial charge on any atom is -0.493 e. The van der Waals surface area contributed by atoms with E-state index in [1.807, 2.05) is 13.8 Å². The molecule has 0 fully saturated rings. The largest absolute Gasteiger partial charge is 0.493 e. The first kappa shape index (κ1) is 13.3. The number of aliphatic hydroxyl groups excluding tert-OH is 1. The van der Waals surface area contributed by atoms with Crippen LogP contribution in [0.15, 0.2) is 22.6 Å². The third-order valence-corrected chi connectivity index (χ3v) is 1.95. The maximum atomic E-state index is 8.59. The number of fused-ring (bicyclic) bond motifs is 1. The van der Waals surface area contributed by atoms with Crippen LogP contribution in [-0.2, 0) is 0 Å². The molecular weight excluding hydrogens is 220 g/mol. The van der Waals surface area contributed by atoms with Crippen molar-refractivity contribution in [1.29, 1.82) is 0 Å². The van der Waals surface area contributed by atoms with E-state index < -0.39 is 0 Å². The van der Waals surface area contributed by atoms with E-state index in [4.69, 9.17) is 20.0 Å². The lowest BCUT2D eigenvalue weighted by Crippen LogP contribution is -1.99. The molecule has 0 aliphatic carbocycles. The van der Waals surface area contributed by atoms with Gasteiger partial charge in [0.05, 0.1) is 6.61 Å². The highest BCUT2D eigenvalue weighted by Gasteiger charge is 2.03. The first-order valence-electron chi connectivity index (χ1n) is 5.69. The zero-order valence-electron chi connectivity index (χ0n) is 10.1. The summed E-state index contributed by atoms with van der Waals surface area (Å²) in [5.41, 5.74) is 6.73. The summed E-state index contributed by atoms with van der Waals surface area (Å²) in [6, 6.07) is 5.46. The van der Waals surface area contributed by atoms with Crippen LogP contribution in [-0.4, -0.2) is 23.3 Å². The van der Waals surface area contributed by atoms with E-state index in [2.05, 4.69) is 4.98 Å². The quantitative estimate of drug-likeness (QED) is 0.798. The summed E-state index contributed by atoms with van der Waals surface area (Å²) >= 11 is 0. The summed E-state index contributed by atoms with van der Waals surface area (Å²) in [6.45, 7) is 4.60. The Labute approximate surface area is 100 Å². The molecule has 1 heterocycles. The molecule has 0 atom stereocenters. The van der Waals surface area contributed by atoms with Gasteiger partial charge in [-0.05, 0) is 12.1 Å². The predicted molar refractivity (Wildman–Crippen MR) is 67.0 cm³/mol. The zero-order chi connectivity index (χ0) is 12.7. The number of benzene rings is 1. The molecular formula is C12H18N2O3. The summed E-state index contributed by atoms with van der Waals surface area (Å²) in [7, 11) is 0. The van der Waals surface area contributed by atoms with Gasteiger partial charge in [-0.3, -0.25) is 0 Å². The standard InChI is InChI=1S/C10H12N2O3.C2H6/c11-10-12-8-3-2-7(6-9(8)15-10)14-5-1-4-13;1-2/h2-3,6,13H,1,4-5H2,(H2,11,12);1-2H3. The molecule has 0 aliphatic rings. The van der Waals surface area contributed by atoms with Gasteiger partial charge in [0, 0.05) is 19.1 Å². The molecule has 0 saturated heterocycles. The highest BCUT2D eigenvalue weighted by molar-refractivity contribution is 5.75. The Bertz CT molecular complexity index is 454. The Hall–Kier alpha value is -1.75. The van der Waals surface area contributed by atoms with Crippen molar-refractivity contribution >= 4 is 17.1 Å². The summed E-state index contributed by atoms with van der Waals surface area (Å²) in [6.07, 6.45) is 0.608. The summed E-state index contributed by atoms with van der Waals surface area (Å²) in [5.74, 6) is 0.687. The van der Waals surface area contributed by atoms with Gasteiger partial charge >= 0.3 is 0 Å². The molecule has 0 aliphatic heterocycles. The van der Waals surface area contributed by atoms with E-state index in [-0.39, 0.29) is 12.6 Å². The van der Waals surface area contributed by atoms with Gasteiger partial charge in [0.25, 0.3) is 6.01 Å². The van der Waals surface area contributed by atoms with Crippen molar-refractivity contribution in [2.45, 2.75) is 20.3 Å². The first-order valence-corrected chi connectivity index (χ1v) is 5.69. The van der Waals surface area contributed by atoms with Crippen LogP contribution in [0.5, 0.6) is 5.75 Å². The highest BCUT2D eigenvalue weighted by atomic mass is 16.5. The van der Waals surface area contributed by atoms with Gasteiger partial charge in [-0.25, -0.2) is 0 Å². The van der Waals surface area contributed by atoms with Crippen LogP contribution >= 0.6 is 0 Å². The van der Waals surface area contributed by atoms with Crippen molar-refractivity contribution in [2.75, 3.05) is 18.9 Å². The van der Waals surface area contributed by atoms with Crippen molar-refractivity contribution in [1.82, 2.24) is 4.98 Å². The average molecular weight is 238 g/mol. The molecule has 0 radical (unpaired) electrons. The van der Waals surface area contributed by atoms with Crippen LogP contribution in [0.1, 0.15) is 20.3 Å². The number of anilines is 1. The number of nitrogen functional groups attached to an aromatic ring is 1. The number of rotatable bonds is 4. The Balaban J connectivity index is 0.000000686. The van der Waals surface area contributed by atoms with E-state index in [0.29, 0.717) is 29.9 Å². The molecule has 0 unspecified atom stereocenters. The van der Waals surface area contributed by atoms with Crippen LogP contribution in [0, 0.1) is 0 Å². The topological polar surface area (TPSA) is 81.5 Å². The summed E-state index contributed by atoms with van der Waals surface area (Å²) in [5, 5.41) is 8.59. The molecule has 0 bridgehead atoms. The minimum absolute atomic E-state index is 0.123. The molecule has 5 heteroatoms. The number of nitrogens with zero attached hydrogens (tertiary/aromatic N) is 1. The highest BCUT2D eigenvalue weighted by Crippen LogP contribution is 2.22. The fourth-order valence-corrected chi connectivity index (χ4v) is 1.27. The normalized spacial score (nSPS) is 9.82. The summed E-state index contributed by atoms with van der Waals surface area (Å²) < 4.78 is 10.5. The summed E-state index contributed by atoms with van der Waals surface area (Å²) in [4.78, 5) is 3.97. The second-order valence-corrected chi connectivity index (χ2v) is 3.11. The number of oxazole rings is 1. The monoisotopic (exact) mass is 238 g/mol. The lowest BCUT2D eigenvalue weighted by atomic mass is 10.3. The van der Waals surface area contributed by atoms with Crippen molar-refractivity contribution < 1.29 is 14.3 Å². The average Bonchev–Trinajstić information content (AvgIpc) is 2.71. The third-order valence-electron chi connectivity index (χ3n) is 1.95. The molecule has 2 aromatic rings. The third kappa shape index (κ3) is 3.64. The Morgan fingerprint density at radius 1 is 1.41 bits per heavy atom. The van der Waals surface area contributed by atoms with Crippen LogP contribution in [0.4, 0.5) is 6.01 Å². The fraction of sp³-hybridized carbons (Fsp3) is 0.417. The van der Waals surface area contributed by atoms with Crippen LogP contribution < -0.4 is 10.5 Å². The van der Waals surface area contributed by atoms with E-state index in [9.17, 15) is 0 Å². The van der Waals surface area contributed by atoms with E-state index in [1.165, 1.54) is 0 Å². The second kappa shape index (κ2) is 6.75. The Morgan fingerprint density at radius 2 is 2.18 bits per heavy atom. The Kier molecular flexibility index (Phi) is 5.29. The molecule has 1 aromatic heterocycles. The van der Waals surface area contributed by atoms with Crippen molar-refractivity contribution in [3.8, 4) is 5.75 Å². The smallest absolute Gasteiger partial charge is 0.292 e. The number of aromatic nitrogens is 1. The molecule has 5 nitrogen and oxygen atoms in total. The van der Waals surface area contributed by atoms with Crippen molar-refractivity contribution in [3.63, 3.8) is 0 Å². The molecule has 0 amide bonds. The number of hydrogen-bond donors (Lipinski definition) is 2. The van der Waals surface area contributed by atoms with Gasteiger partial charge in [-0.15, -0.1) is 0 Å². The van der Waals surface area contributed by atoms with Gasteiger partial charge in [0.2, 0.25) is 0 Å². The lowest BCUT2D eigenvalue weighted by molar-refractivity contribution is 0.233. The van der Waals surface area contributed by atoms with Gasteiger partial charge < -0.3 is 20.0 Å². The number of aliphatic hydroxyl groups is 1. The maximum Gasteiger partial charge on any atom is 0.292 e. The van der Waals surface area contributed by atoms with E-state index in [0.717, 1.165) is 0 Å². The van der Waals surface area contributed by atoms with Crippen molar-refractivity contribution in [2.24, 2.45) is 0 Å². The Morgan fingerprint density at radius 3 is 2.88 bits per heavy atom. The van der Waals surface area contributed by atoms with Gasteiger partial charge in [0.15, 0.2) is 5.58 Å². The molecule has 94 valence electrons. The molecule has 3 N–H and O–H groups in total. The minimum atomic E-state index is 0.123. The van der Waals surface area contributed by atoms with Crippen LogP contribution in [0.2, 0.25) is 0 Å². The van der Waals surface area contributed by atoms with Gasteiger partial charge in [-0.2, -0.15) is 4.98 Å². The first-order chi connectivity index (χ1) is 8.29. The zero-order valence-corrected chi connectivity index (χ0v) is 10.1. The lowest BCUT2D eigenvalue weighted by Gasteiger charge is -2.03. The maximum absolute atomic E-state index is 8.59. The van der Waals surface area contributed by atoms with Crippen LogP contribution in [0.3, 0.4) is 0 Å². The van der Waals surface area contributed by atoms with Gasteiger partial charge in [0.1, 0.15) is 11.3 Å². The molecule has 0 spiro atoms. The van der Waals surface area contributed by atoms with E-state index in [1.54, 1.807) is 18.2 Å². The van der Waals surface area contributed by atoms with Gasteiger partial charge in [-0.1, -0.05) is 13.8 Å².